The molecule has 1 amide bonds. The van der Waals surface area contributed by atoms with Crippen molar-refractivity contribution >= 4 is 11.9 Å². The Morgan fingerprint density at radius 2 is 1.94 bits per heavy atom. The molecule has 1 unspecified atom stereocenters. The molecule has 2 N–H and O–H groups in total. The van der Waals surface area contributed by atoms with Crippen molar-refractivity contribution in [1.29, 1.82) is 0 Å². The average Bonchev–Trinajstić information content (AvgIpc) is 2.35. The number of amides is 1. The number of aromatic carboxylic acids is 1. The molecule has 0 fully saturated rings. The van der Waals surface area contributed by atoms with E-state index in [9.17, 15) is 9.59 Å². The summed E-state index contributed by atoms with van der Waals surface area (Å²) < 4.78 is 4.86. The summed E-state index contributed by atoms with van der Waals surface area (Å²) in [4.78, 5) is 22.0. The second-order valence-electron chi connectivity index (χ2n) is 3.60. The van der Waals surface area contributed by atoms with E-state index < -0.39 is 12.1 Å². The van der Waals surface area contributed by atoms with Crippen LogP contribution < -0.4 is 5.32 Å². The predicted octanol–water partition coefficient (Wildman–Crippen LogP) is 1.04. The minimum Gasteiger partial charge on any atom is -0.478 e. The lowest BCUT2D eigenvalue weighted by atomic mass is 10.1. The Balaban J connectivity index is 2.53. The third-order valence-corrected chi connectivity index (χ3v) is 2.39. The molecule has 0 radical (unpaired) electrons. The van der Waals surface area contributed by atoms with Crippen LogP contribution in [0.5, 0.6) is 0 Å². The number of nitrogens with one attached hydrogen (secondary N) is 1. The Hall–Kier alpha value is -1.88. The maximum Gasteiger partial charge on any atom is 0.335 e. The smallest absolute Gasteiger partial charge is 0.335 e. The maximum atomic E-state index is 11.4. The van der Waals surface area contributed by atoms with Gasteiger partial charge in [0.1, 0.15) is 6.10 Å². The highest BCUT2D eigenvalue weighted by Gasteiger charge is 2.10. The van der Waals surface area contributed by atoms with Gasteiger partial charge in [-0.05, 0) is 24.6 Å². The fraction of sp³-hybridized carbons (Fsp3) is 0.333. The van der Waals surface area contributed by atoms with Gasteiger partial charge in [-0.15, -0.1) is 0 Å². The number of hydrogen-bond donors (Lipinski definition) is 2. The van der Waals surface area contributed by atoms with Gasteiger partial charge in [0, 0.05) is 13.7 Å². The van der Waals surface area contributed by atoms with E-state index in [2.05, 4.69) is 5.32 Å². The number of hydrogen-bond acceptors (Lipinski definition) is 3. The Labute approximate surface area is 99.4 Å². The Kier molecular flexibility index (Phi) is 4.66. The van der Waals surface area contributed by atoms with E-state index in [1.165, 1.54) is 19.2 Å². The van der Waals surface area contributed by atoms with Gasteiger partial charge in [-0.1, -0.05) is 12.1 Å². The lowest BCUT2D eigenvalue weighted by Crippen LogP contribution is -2.33. The number of carbonyl (C=O) groups excluding carboxylic acids is 1. The molecular formula is C12H15NO4. The van der Waals surface area contributed by atoms with Gasteiger partial charge >= 0.3 is 5.97 Å². The summed E-state index contributed by atoms with van der Waals surface area (Å²) in [6.45, 7) is 2.01. The number of ether oxygens (including phenoxy) is 1. The van der Waals surface area contributed by atoms with Gasteiger partial charge in [-0.25, -0.2) is 4.79 Å². The summed E-state index contributed by atoms with van der Waals surface area (Å²) in [5.41, 5.74) is 1.07. The first-order chi connectivity index (χ1) is 8.04. The number of methoxy groups -OCH3 is 1. The fourth-order valence-corrected chi connectivity index (χ4v) is 1.21. The number of benzene rings is 1. The molecule has 0 saturated carbocycles. The lowest BCUT2D eigenvalue weighted by molar-refractivity contribution is -0.130. The predicted molar refractivity (Wildman–Crippen MR) is 61.7 cm³/mol. The van der Waals surface area contributed by atoms with Gasteiger partial charge in [0.05, 0.1) is 5.56 Å². The summed E-state index contributed by atoms with van der Waals surface area (Å²) in [6, 6.07) is 6.34. The van der Waals surface area contributed by atoms with Crippen LogP contribution in [0.2, 0.25) is 0 Å². The van der Waals surface area contributed by atoms with E-state index in [4.69, 9.17) is 9.84 Å². The SMILES string of the molecule is COC(C)C(=O)NCc1ccc(C(=O)O)cc1. The second-order valence-corrected chi connectivity index (χ2v) is 3.60. The van der Waals surface area contributed by atoms with Crippen LogP contribution >= 0.6 is 0 Å². The van der Waals surface area contributed by atoms with Crippen molar-refractivity contribution < 1.29 is 19.4 Å². The number of carboxylic acids is 1. The van der Waals surface area contributed by atoms with Crippen LogP contribution in [-0.4, -0.2) is 30.2 Å². The third kappa shape index (κ3) is 3.88. The topological polar surface area (TPSA) is 75.6 Å². The summed E-state index contributed by atoms with van der Waals surface area (Å²) >= 11 is 0. The molecule has 92 valence electrons. The number of carboxylic acid groups (broad SMARTS) is 1. The summed E-state index contributed by atoms with van der Waals surface area (Å²) in [7, 11) is 1.46. The van der Waals surface area contributed by atoms with E-state index in [0.717, 1.165) is 5.56 Å². The molecule has 0 aliphatic carbocycles. The van der Waals surface area contributed by atoms with Crippen LogP contribution in [0, 0.1) is 0 Å². The number of carbonyl (C=O) groups is 2. The Morgan fingerprint density at radius 1 is 1.35 bits per heavy atom. The molecule has 5 heteroatoms. The van der Waals surface area contributed by atoms with Crippen molar-refractivity contribution in [2.24, 2.45) is 0 Å². The summed E-state index contributed by atoms with van der Waals surface area (Å²) in [5, 5.41) is 11.4. The monoisotopic (exact) mass is 237 g/mol. The zero-order valence-corrected chi connectivity index (χ0v) is 9.77. The van der Waals surface area contributed by atoms with E-state index in [-0.39, 0.29) is 11.5 Å². The van der Waals surface area contributed by atoms with E-state index in [1.807, 2.05) is 0 Å². The lowest BCUT2D eigenvalue weighted by Gasteiger charge is -2.10. The fourth-order valence-electron chi connectivity index (χ4n) is 1.21. The largest absolute Gasteiger partial charge is 0.478 e. The van der Waals surface area contributed by atoms with E-state index >= 15 is 0 Å². The van der Waals surface area contributed by atoms with Crippen LogP contribution in [0.3, 0.4) is 0 Å². The molecule has 5 nitrogen and oxygen atoms in total. The standard InChI is InChI=1S/C12H15NO4/c1-8(17-2)11(14)13-7-9-3-5-10(6-4-9)12(15)16/h3-6,8H,7H2,1-2H3,(H,13,14)(H,15,16). The molecule has 0 saturated heterocycles. The summed E-state index contributed by atoms with van der Waals surface area (Å²) in [5.74, 6) is -1.16. The van der Waals surface area contributed by atoms with Gasteiger partial charge in [0.15, 0.2) is 0 Å². The molecule has 0 spiro atoms. The van der Waals surface area contributed by atoms with Crippen molar-refractivity contribution in [2.45, 2.75) is 19.6 Å². The highest BCUT2D eigenvalue weighted by atomic mass is 16.5. The molecule has 1 aromatic rings. The Morgan fingerprint density at radius 3 is 2.41 bits per heavy atom. The van der Waals surface area contributed by atoms with Gasteiger partial charge in [0.25, 0.3) is 0 Å². The quantitative estimate of drug-likeness (QED) is 0.802. The van der Waals surface area contributed by atoms with Crippen molar-refractivity contribution in [1.82, 2.24) is 5.32 Å². The normalized spacial score (nSPS) is 11.9. The first-order valence-corrected chi connectivity index (χ1v) is 5.17. The minimum absolute atomic E-state index is 0.199. The highest BCUT2D eigenvalue weighted by Crippen LogP contribution is 2.04. The zero-order chi connectivity index (χ0) is 12.8. The first kappa shape index (κ1) is 13.2. The van der Waals surface area contributed by atoms with Crippen LogP contribution in [0.25, 0.3) is 0 Å². The van der Waals surface area contributed by atoms with Crippen molar-refractivity contribution in [3.8, 4) is 0 Å². The Bertz CT molecular complexity index is 399. The van der Waals surface area contributed by atoms with Gasteiger partial charge in [-0.3, -0.25) is 4.79 Å². The van der Waals surface area contributed by atoms with Gasteiger partial charge in [-0.2, -0.15) is 0 Å². The van der Waals surface area contributed by atoms with E-state index in [0.29, 0.717) is 6.54 Å². The van der Waals surface area contributed by atoms with Crippen molar-refractivity contribution in [2.75, 3.05) is 7.11 Å². The third-order valence-electron chi connectivity index (χ3n) is 2.39. The molecule has 0 heterocycles. The van der Waals surface area contributed by atoms with Crippen LogP contribution in [0.1, 0.15) is 22.8 Å². The highest BCUT2D eigenvalue weighted by molar-refractivity contribution is 5.87. The zero-order valence-electron chi connectivity index (χ0n) is 9.77. The molecule has 0 aliphatic rings. The average molecular weight is 237 g/mol. The molecule has 1 rings (SSSR count). The van der Waals surface area contributed by atoms with Crippen LogP contribution in [-0.2, 0) is 16.1 Å². The molecule has 1 atom stereocenters. The van der Waals surface area contributed by atoms with E-state index in [1.54, 1.807) is 19.1 Å². The second kappa shape index (κ2) is 6.00. The first-order valence-electron chi connectivity index (χ1n) is 5.17. The molecule has 17 heavy (non-hydrogen) atoms. The minimum atomic E-state index is -0.964. The van der Waals surface area contributed by atoms with Crippen LogP contribution in [0.4, 0.5) is 0 Å². The van der Waals surface area contributed by atoms with Crippen LogP contribution in [0.15, 0.2) is 24.3 Å². The molecule has 0 bridgehead atoms. The molecule has 0 aromatic heterocycles. The molecular weight excluding hydrogens is 222 g/mol. The number of rotatable bonds is 5. The van der Waals surface area contributed by atoms with Gasteiger partial charge in [0.2, 0.25) is 5.91 Å². The molecule has 1 aromatic carbocycles. The van der Waals surface area contributed by atoms with Crippen molar-refractivity contribution in [3.05, 3.63) is 35.4 Å². The summed E-state index contributed by atoms with van der Waals surface area (Å²) in [6.07, 6.45) is -0.492. The molecule has 0 aliphatic heterocycles. The van der Waals surface area contributed by atoms with Gasteiger partial charge < -0.3 is 15.2 Å². The maximum absolute atomic E-state index is 11.4. The van der Waals surface area contributed by atoms with Crippen molar-refractivity contribution in [3.63, 3.8) is 0 Å².